The summed E-state index contributed by atoms with van der Waals surface area (Å²) in [6.45, 7) is 12.4. The zero-order valence-electron chi connectivity index (χ0n) is 24.2. The third kappa shape index (κ3) is 7.40. The van der Waals surface area contributed by atoms with Gasteiger partial charge in [0.05, 0.1) is 0 Å². The van der Waals surface area contributed by atoms with Crippen LogP contribution in [0.5, 0.6) is 0 Å². The summed E-state index contributed by atoms with van der Waals surface area (Å²) in [6, 6.07) is 31.6. The summed E-state index contributed by atoms with van der Waals surface area (Å²) in [7, 11) is -2.52. The molecule has 0 aromatic heterocycles. The number of hydrogen-bond donors (Lipinski definition) is 1. The number of alkyl carbamates (subject to hydrolysis) is 1. The highest BCUT2D eigenvalue weighted by Gasteiger charge is 2.51. The molecule has 5 heteroatoms. The van der Waals surface area contributed by atoms with Gasteiger partial charge in [0.15, 0.2) is 0 Å². The number of carbonyl (C=O) groups excluding carboxylic acids is 1. The van der Waals surface area contributed by atoms with E-state index in [9.17, 15) is 4.79 Å². The topological polar surface area (TPSA) is 47.6 Å². The Balaban J connectivity index is 1.40. The minimum atomic E-state index is -2.52. The Bertz CT molecular complexity index is 1120. The number of hydrogen-bond acceptors (Lipinski definition) is 3. The van der Waals surface area contributed by atoms with Crippen LogP contribution in [0.15, 0.2) is 91.0 Å². The Hall–Kier alpha value is -2.89. The third-order valence-electron chi connectivity index (χ3n) is 7.96. The van der Waals surface area contributed by atoms with Gasteiger partial charge in [-0.05, 0) is 58.0 Å². The SMILES string of the molecule is CC(C)C[C@H](NC(=O)OCc1ccccc1)[C@@H]1C[C@H]1CCO[Si](c1ccccc1)(c1ccccc1)C(C)(C)C. The van der Waals surface area contributed by atoms with Crippen LogP contribution in [0.25, 0.3) is 0 Å². The van der Waals surface area contributed by atoms with Crippen molar-refractivity contribution in [3.05, 3.63) is 96.6 Å². The average molecular weight is 544 g/mol. The molecule has 1 N–H and O–H groups in total. The molecule has 1 fully saturated rings. The molecule has 3 aromatic carbocycles. The van der Waals surface area contributed by atoms with Crippen LogP contribution < -0.4 is 15.7 Å². The summed E-state index contributed by atoms with van der Waals surface area (Å²) in [5, 5.41) is 5.81. The van der Waals surface area contributed by atoms with Crippen molar-refractivity contribution in [2.45, 2.75) is 71.6 Å². The predicted octanol–water partition coefficient (Wildman–Crippen LogP) is 6.93. The van der Waals surface area contributed by atoms with Gasteiger partial charge in [0.1, 0.15) is 6.61 Å². The van der Waals surface area contributed by atoms with Crippen LogP contribution in [-0.4, -0.2) is 27.1 Å². The van der Waals surface area contributed by atoms with E-state index in [-0.39, 0.29) is 17.2 Å². The summed E-state index contributed by atoms with van der Waals surface area (Å²) in [5.74, 6) is 1.53. The number of carbonyl (C=O) groups is 1. The fourth-order valence-corrected chi connectivity index (χ4v) is 10.6. The van der Waals surface area contributed by atoms with Gasteiger partial charge in [-0.1, -0.05) is 126 Å². The molecule has 0 radical (unpaired) electrons. The lowest BCUT2D eigenvalue weighted by Gasteiger charge is -2.43. The fourth-order valence-electron chi connectivity index (χ4n) is 5.99. The van der Waals surface area contributed by atoms with E-state index >= 15 is 0 Å². The van der Waals surface area contributed by atoms with Gasteiger partial charge in [0.25, 0.3) is 8.32 Å². The molecule has 4 nitrogen and oxygen atoms in total. The maximum atomic E-state index is 12.7. The summed E-state index contributed by atoms with van der Waals surface area (Å²) in [4.78, 5) is 12.7. The lowest BCUT2D eigenvalue weighted by Crippen LogP contribution is -2.66. The smallest absolute Gasteiger partial charge is 0.407 e. The summed E-state index contributed by atoms with van der Waals surface area (Å²) >= 11 is 0. The van der Waals surface area contributed by atoms with E-state index in [4.69, 9.17) is 9.16 Å². The zero-order chi connectivity index (χ0) is 27.9. The Labute approximate surface area is 236 Å². The summed E-state index contributed by atoms with van der Waals surface area (Å²) in [6.07, 6.45) is 2.76. The highest BCUT2D eigenvalue weighted by Crippen LogP contribution is 2.46. The van der Waals surface area contributed by atoms with E-state index in [0.717, 1.165) is 31.4 Å². The van der Waals surface area contributed by atoms with Gasteiger partial charge in [-0.15, -0.1) is 0 Å². The van der Waals surface area contributed by atoms with Crippen molar-refractivity contribution < 1.29 is 14.0 Å². The van der Waals surface area contributed by atoms with Crippen molar-refractivity contribution in [3.8, 4) is 0 Å². The minimum absolute atomic E-state index is 0.0249. The molecule has 0 bridgehead atoms. The Morgan fingerprint density at radius 1 is 0.897 bits per heavy atom. The molecule has 1 amide bonds. The van der Waals surface area contributed by atoms with Crippen molar-refractivity contribution in [1.82, 2.24) is 5.32 Å². The van der Waals surface area contributed by atoms with Crippen LogP contribution in [0.3, 0.4) is 0 Å². The molecule has 3 atom stereocenters. The molecule has 4 rings (SSSR count). The van der Waals surface area contributed by atoms with Crippen molar-refractivity contribution in [2.24, 2.45) is 17.8 Å². The van der Waals surface area contributed by atoms with E-state index < -0.39 is 8.32 Å². The Kier molecular flexibility index (Phi) is 9.68. The number of ether oxygens (including phenoxy) is 1. The number of nitrogens with one attached hydrogen (secondary N) is 1. The first kappa shape index (κ1) is 29.1. The van der Waals surface area contributed by atoms with Crippen LogP contribution >= 0.6 is 0 Å². The van der Waals surface area contributed by atoms with Crippen molar-refractivity contribution in [1.29, 1.82) is 0 Å². The molecule has 0 aliphatic heterocycles. The van der Waals surface area contributed by atoms with Crippen molar-refractivity contribution in [2.75, 3.05) is 6.61 Å². The maximum Gasteiger partial charge on any atom is 0.407 e. The molecule has 3 aromatic rings. The standard InChI is InChI=1S/C34H45NO3Si/c1-26(2)23-32(35-33(36)37-25-27-15-9-6-10-16-27)31-24-28(31)21-22-38-39(34(3,4)5,29-17-11-7-12-18-29)30-19-13-8-14-20-30/h6-20,26,28,31-32H,21-25H2,1-5H3,(H,35,36)/t28-,31-,32+/m1/s1. The van der Waals surface area contributed by atoms with E-state index in [1.807, 2.05) is 30.3 Å². The second kappa shape index (κ2) is 13.0. The van der Waals surface area contributed by atoms with E-state index in [1.54, 1.807) is 0 Å². The molecule has 1 saturated carbocycles. The normalized spacial score (nSPS) is 18.0. The molecule has 0 spiro atoms. The largest absolute Gasteiger partial charge is 0.445 e. The summed E-state index contributed by atoms with van der Waals surface area (Å²) in [5.41, 5.74) is 0.998. The fraction of sp³-hybridized carbons (Fsp3) is 0.441. The first-order valence-electron chi connectivity index (χ1n) is 14.4. The van der Waals surface area contributed by atoms with E-state index in [2.05, 4.69) is 101 Å². The van der Waals surface area contributed by atoms with Crippen LogP contribution in [0.1, 0.15) is 59.4 Å². The third-order valence-corrected chi connectivity index (χ3v) is 13.0. The number of amides is 1. The highest BCUT2D eigenvalue weighted by molar-refractivity contribution is 6.99. The second-order valence-corrected chi connectivity index (χ2v) is 16.7. The van der Waals surface area contributed by atoms with Gasteiger partial charge in [-0.2, -0.15) is 0 Å². The number of benzene rings is 3. The van der Waals surface area contributed by atoms with Gasteiger partial charge in [-0.25, -0.2) is 4.79 Å². The predicted molar refractivity (Wildman–Crippen MR) is 163 cm³/mol. The molecule has 0 heterocycles. The quantitative estimate of drug-likeness (QED) is 0.252. The van der Waals surface area contributed by atoms with Crippen LogP contribution in [-0.2, 0) is 15.8 Å². The van der Waals surface area contributed by atoms with Gasteiger partial charge in [0.2, 0.25) is 0 Å². The zero-order valence-corrected chi connectivity index (χ0v) is 25.2. The van der Waals surface area contributed by atoms with E-state index in [1.165, 1.54) is 10.4 Å². The lowest BCUT2D eigenvalue weighted by molar-refractivity contribution is 0.132. The molecule has 39 heavy (non-hydrogen) atoms. The van der Waals surface area contributed by atoms with Crippen LogP contribution in [0.2, 0.25) is 5.04 Å². The molecule has 208 valence electrons. The van der Waals surface area contributed by atoms with Crippen LogP contribution in [0, 0.1) is 17.8 Å². The van der Waals surface area contributed by atoms with Crippen LogP contribution in [0.4, 0.5) is 4.79 Å². The molecule has 0 saturated heterocycles. The van der Waals surface area contributed by atoms with Gasteiger partial charge in [0, 0.05) is 12.6 Å². The maximum absolute atomic E-state index is 12.7. The highest BCUT2D eigenvalue weighted by atomic mass is 28.4. The summed E-state index contributed by atoms with van der Waals surface area (Å²) < 4.78 is 12.7. The molecule has 1 aliphatic rings. The van der Waals surface area contributed by atoms with Crippen molar-refractivity contribution in [3.63, 3.8) is 0 Å². The first-order valence-corrected chi connectivity index (χ1v) is 16.3. The monoisotopic (exact) mass is 543 g/mol. The van der Waals surface area contributed by atoms with Gasteiger partial charge in [-0.3, -0.25) is 0 Å². The van der Waals surface area contributed by atoms with Gasteiger partial charge >= 0.3 is 6.09 Å². The molecular weight excluding hydrogens is 498 g/mol. The molecule has 1 aliphatic carbocycles. The Morgan fingerprint density at radius 3 is 1.95 bits per heavy atom. The minimum Gasteiger partial charge on any atom is -0.445 e. The second-order valence-electron chi connectivity index (χ2n) is 12.4. The molecule has 0 unspecified atom stereocenters. The lowest BCUT2D eigenvalue weighted by atomic mass is 9.98. The van der Waals surface area contributed by atoms with E-state index in [0.29, 0.717) is 24.4 Å². The van der Waals surface area contributed by atoms with Gasteiger partial charge < -0.3 is 14.5 Å². The average Bonchev–Trinajstić information content (AvgIpc) is 3.70. The first-order chi connectivity index (χ1) is 18.7. The number of rotatable bonds is 12. The molecular formula is C34H45NO3Si. The Morgan fingerprint density at radius 2 is 1.44 bits per heavy atom. The van der Waals surface area contributed by atoms with Crippen molar-refractivity contribution >= 4 is 24.8 Å².